The monoisotopic (exact) mass is 466 g/mol. The molecule has 15 heteroatoms. The Morgan fingerprint density at radius 3 is 2.78 bits per heavy atom. The second-order valence-corrected chi connectivity index (χ2v) is 9.74. The highest BCUT2D eigenvalue weighted by molar-refractivity contribution is 7.89. The van der Waals surface area contributed by atoms with Gasteiger partial charge in [-0.05, 0) is 19.9 Å². The van der Waals surface area contributed by atoms with Crippen molar-refractivity contribution in [3.8, 4) is 0 Å². The van der Waals surface area contributed by atoms with Crippen LogP contribution in [0.2, 0.25) is 0 Å². The zero-order valence-corrected chi connectivity index (χ0v) is 17.8. The molecular weight excluding hydrogens is 444 g/mol. The van der Waals surface area contributed by atoms with Crippen molar-refractivity contribution in [2.45, 2.75) is 43.3 Å². The lowest BCUT2D eigenvalue weighted by molar-refractivity contribution is -0.0451. The minimum absolute atomic E-state index is 0.103. The van der Waals surface area contributed by atoms with Gasteiger partial charge >= 0.3 is 0 Å². The number of rotatable bonds is 8. The molecule has 4 heterocycles. The van der Waals surface area contributed by atoms with Gasteiger partial charge in [0.25, 0.3) is 5.89 Å². The van der Waals surface area contributed by atoms with Gasteiger partial charge in [-0.1, -0.05) is 5.16 Å². The molecule has 2 fully saturated rings. The first-order chi connectivity index (χ1) is 15.4. The van der Waals surface area contributed by atoms with E-state index in [1.165, 1.54) is 24.3 Å². The predicted molar refractivity (Wildman–Crippen MR) is 108 cm³/mol. The van der Waals surface area contributed by atoms with Gasteiger partial charge in [-0.2, -0.15) is 4.98 Å². The summed E-state index contributed by atoms with van der Waals surface area (Å²) in [4.78, 5) is 16.9. The number of ether oxygens (including phenoxy) is 1. The van der Waals surface area contributed by atoms with Crippen molar-refractivity contribution in [2.24, 2.45) is 0 Å². The number of aliphatic hydroxyl groups is 2. The Kier molecular flexibility index (Phi) is 5.29. The van der Waals surface area contributed by atoms with Crippen LogP contribution in [-0.2, 0) is 14.8 Å². The number of nitrogens with one attached hydrogen (secondary N) is 2. The van der Waals surface area contributed by atoms with Crippen LogP contribution in [-0.4, -0.2) is 79.8 Å². The molecule has 4 N–H and O–H groups in total. The lowest BCUT2D eigenvalue weighted by Gasteiger charge is -2.16. The third-order valence-electron chi connectivity index (χ3n) is 5.49. The molecule has 1 aliphatic heterocycles. The molecule has 3 aromatic rings. The first-order valence-electron chi connectivity index (χ1n) is 10.1. The SMILES string of the molecule is CNS(=O)(=O)CCNc1ncnc2c1ncn2[C@@H]1O[C@H](c2nc(C3CC3)no2)[C@@H](O)[C@H]1O. The molecule has 3 aromatic heterocycles. The molecule has 5 rings (SSSR count). The first-order valence-corrected chi connectivity index (χ1v) is 11.7. The molecule has 172 valence electrons. The van der Waals surface area contributed by atoms with Crippen LogP contribution in [0.25, 0.3) is 11.2 Å². The Bertz CT molecular complexity index is 1220. The fourth-order valence-electron chi connectivity index (χ4n) is 3.54. The zero-order valence-electron chi connectivity index (χ0n) is 17.0. The molecule has 0 unspecified atom stereocenters. The van der Waals surface area contributed by atoms with E-state index in [9.17, 15) is 18.6 Å². The molecule has 14 nitrogen and oxygen atoms in total. The maximum atomic E-state index is 11.6. The molecule has 4 atom stereocenters. The number of nitrogens with zero attached hydrogens (tertiary/aromatic N) is 6. The minimum atomic E-state index is -3.38. The summed E-state index contributed by atoms with van der Waals surface area (Å²) >= 11 is 0. The topological polar surface area (TPSA) is 190 Å². The highest BCUT2D eigenvalue weighted by atomic mass is 32.2. The maximum absolute atomic E-state index is 11.6. The molecular formula is C17H22N8O6S. The molecule has 1 saturated carbocycles. The van der Waals surface area contributed by atoms with E-state index in [-0.39, 0.29) is 24.1 Å². The molecule has 0 aromatic carbocycles. The van der Waals surface area contributed by atoms with E-state index in [0.717, 1.165) is 12.8 Å². The largest absolute Gasteiger partial charge is 0.387 e. The predicted octanol–water partition coefficient (Wildman–Crippen LogP) is -0.960. The van der Waals surface area contributed by atoms with Gasteiger partial charge < -0.3 is 24.8 Å². The lowest BCUT2D eigenvalue weighted by Crippen LogP contribution is -2.29. The summed E-state index contributed by atoms with van der Waals surface area (Å²) in [5.41, 5.74) is 0.692. The van der Waals surface area contributed by atoms with Crippen LogP contribution in [0.15, 0.2) is 17.2 Å². The van der Waals surface area contributed by atoms with Gasteiger partial charge in [0.2, 0.25) is 10.0 Å². The fraction of sp³-hybridized carbons (Fsp3) is 0.588. The number of aromatic nitrogens is 6. The molecule has 32 heavy (non-hydrogen) atoms. The van der Waals surface area contributed by atoms with E-state index in [1.54, 1.807) is 0 Å². The van der Waals surface area contributed by atoms with Crippen LogP contribution in [0.4, 0.5) is 5.82 Å². The van der Waals surface area contributed by atoms with Crippen LogP contribution >= 0.6 is 0 Å². The van der Waals surface area contributed by atoms with Crippen LogP contribution < -0.4 is 10.0 Å². The molecule has 1 aliphatic carbocycles. The molecule has 0 radical (unpaired) electrons. The highest BCUT2D eigenvalue weighted by Crippen LogP contribution is 2.42. The number of hydrogen-bond acceptors (Lipinski definition) is 12. The van der Waals surface area contributed by atoms with E-state index < -0.39 is 34.6 Å². The Morgan fingerprint density at radius 2 is 2.03 bits per heavy atom. The van der Waals surface area contributed by atoms with Gasteiger partial charge in [-0.15, -0.1) is 0 Å². The Morgan fingerprint density at radius 1 is 1.22 bits per heavy atom. The molecule has 0 bridgehead atoms. The van der Waals surface area contributed by atoms with Gasteiger partial charge in [0.1, 0.15) is 18.5 Å². The first kappa shape index (κ1) is 21.1. The second kappa shape index (κ2) is 8.00. The number of sulfonamides is 1. The molecule has 2 aliphatic rings. The summed E-state index contributed by atoms with van der Waals surface area (Å²) in [7, 11) is -2.04. The zero-order chi connectivity index (χ0) is 22.5. The normalized spacial score (nSPS) is 26.1. The van der Waals surface area contributed by atoms with E-state index in [0.29, 0.717) is 22.8 Å². The van der Waals surface area contributed by atoms with E-state index in [4.69, 9.17) is 9.26 Å². The van der Waals surface area contributed by atoms with Crippen LogP contribution in [0.5, 0.6) is 0 Å². The summed E-state index contributed by atoms with van der Waals surface area (Å²) in [5, 5.41) is 28.0. The summed E-state index contributed by atoms with van der Waals surface area (Å²) in [5.74, 6) is 1.13. The second-order valence-electron chi connectivity index (χ2n) is 7.69. The van der Waals surface area contributed by atoms with Gasteiger partial charge in [-0.3, -0.25) is 4.57 Å². The van der Waals surface area contributed by atoms with Gasteiger partial charge in [0.15, 0.2) is 35.1 Å². The lowest BCUT2D eigenvalue weighted by atomic mass is 10.1. The standard InChI is InChI=1S/C17H22N8O6S/c1-18-32(28,29)5-4-19-14-9-15(21-6-20-14)25(7-22-9)17-11(27)10(26)12(30-17)16-23-13(24-31-16)8-2-3-8/h6-8,10-12,17-18,26-27H,2-5H2,1H3,(H,19,20,21)/t10-,11+,12-,17+/m0/s1. The summed E-state index contributed by atoms with van der Waals surface area (Å²) < 4.78 is 38.0. The van der Waals surface area contributed by atoms with Crippen LogP contribution in [0.1, 0.15) is 42.8 Å². The smallest absolute Gasteiger partial charge is 0.258 e. The summed E-state index contributed by atoms with van der Waals surface area (Å²) in [6, 6.07) is 0. The van der Waals surface area contributed by atoms with Crippen LogP contribution in [0, 0.1) is 0 Å². The summed E-state index contributed by atoms with van der Waals surface area (Å²) in [6.07, 6.45) is 0.0672. The number of aliphatic hydroxyl groups excluding tert-OH is 2. The Labute approximate surface area is 182 Å². The molecule has 1 saturated heterocycles. The molecule has 0 amide bonds. The van der Waals surface area contributed by atoms with Crippen molar-refractivity contribution < 1.29 is 27.9 Å². The van der Waals surface area contributed by atoms with E-state index in [2.05, 4.69) is 35.1 Å². The van der Waals surface area contributed by atoms with Crippen molar-refractivity contribution in [3.63, 3.8) is 0 Å². The van der Waals surface area contributed by atoms with E-state index in [1.807, 2.05) is 0 Å². The van der Waals surface area contributed by atoms with Gasteiger partial charge in [-0.25, -0.2) is 28.1 Å². The number of fused-ring (bicyclic) bond motifs is 1. The minimum Gasteiger partial charge on any atom is -0.387 e. The number of anilines is 1. The third kappa shape index (κ3) is 3.81. The van der Waals surface area contributed by atoms with E-state index >= 15 is 0 Å². The third-order valence-corrected chi connectivity index (χ3v) is 6.85. The van der Waals surface area contributed by atoms with Crippen LogP contribution in [0.3, 0.4) is 0 Å². The van der Waals surface area contributed by atoms with Crippen molar-refractivity contribution in [3.05, 3.63) is 24.4 Å². The summed E-state index contributed by atoms with van der Waals surface area (Å²) in [6.45, 7) is 0.103. The van der Waals surface area contributed by atoms with Crippen molar-refractivity contribution in [2.75, 3.05) is 24.7 Å². The quantitative estimate of drug-likeness (QED) is 0.318. The van der Waals surface area contributed by atoms with Gasteiger partial charge in [0, 0.05) is 12.5 Å². The van der Waals surface area contributed by atoms with Gasteiger partial charge in [0.05, 0.1) is 12.1 Å². The van der Waals surface area contributed by atoms with Crippen molar-refractivity contribution in [1.82, 2.24) is 34.4 Å². The number of hydrogen-bond donors (Lipinski definition) is 4. The Balaban J connectivity index is 1.37. The fourth-order valence-corrected chi connectivity index (χ4v) is 4.11. The number of imidazole rings is 1. The van der Waals surface area contributed by atoms with Crippen molar-refractivity contribution in [1.29, 1.82) is 0 Å². The average Bonchev–Trinajstić information content (AvgIpc) is 3.23. The maximum Gasteiger partial charge on any atom is 0.258 e. The molecule has 0 spiro atoms. The highest BCUT2D eigenvalue weighted by Gasteiger charge is 2.48. The Hall–Kier alpha value is -2.72. The average molecular weight is 466 g/mol. The van der Waals surface area contributed by atoms with Crippen molar-refractivity contribution >= 4 is 27.0 Å².